The molecule has 1 aromatic rings. The Bertz CT molecular complexity index is 459. The molecule has 0 bridgehead atoms. The highest BCUT2D eigenvalue weighted by molar-refractivity contribution is 5.95. The molecule has 2 N–H and O–H groups in total. The number of nitrogen functional groups attached to an aromatic ring is 1. The molecule has 1 fully saturated rings. The van der Waals surface area contributed by atoms with Crippen molar-refractivity contribution in [3.63, 3.8) is 0 Å². The maximum absolute atomic E-state index is 13.3. The van der Waals surface area contributed by atoms with Gasteiger partial charge in [0.2, 0.25) is 0 Å². The van der Waals surface area contributed by atoms with E-state index >= 15 is 0 Å². The van der Waals surface area contributed by atoms with E-state index in [4.69, 9.17) is 5.73 Å². The quantitative estimate of drug-likeness (QED) is 0.784. The number of nitrogens with two attached hydrogens (primary N) is 1. The summed E-state index contributed by atoms with van der Waals surface area (Å²) in [6.07, 6.45) is 0. The van der Waals surface area contributed by atoms with Gasteiger partial charge in [-0.1, -0.05) is 0 Å². The highest BCUT2D eigenvalue weighted by Gasteiger charge is 2.29. The molecule has 104 valence electrons. The van der Waals surface area contributed by atoms with Crippen molar-refractivity contribution >= 4 is 11.6 Å². The zero-order valence-corrected chi connectivity index (χ0v) is 11.6. The highest BCUT2D eigenvalue weighted by Crippen LogP contribution is 2.18. The number of likely N-dealkylation sites (N-methyl/N-ethyl adjacent to an activating group) is 1. The Kier molecular flexibility index (Phi) is 3.75. The summed E-state index contributed by atoms with van der Waals surface area (Å²) in [7, 11) is 2.05. The number of halogens is 1. The second kappa shape index (κ2) is 5.17. The van der Waals surface area contributed by atoms with Gasteiger partial charge in [0.1, 0.15) is 5.82 Å². The second-order valence-corrected chi connectivity index (χ2v) is 5.35. The van der Waals surface area contributed by atoms with Crippen LogP contribution in [0.4, 0.5) is 10.1 Å². The van der Waals surface area contributed by atoms with Gasteiger partial charge < -0.3 is 10.6 Å². The van der Waals surface area contributed by atoms with E-state index < -0.39 is 5.82 Å². The van der Waals surface area contributed by atoms with Crippen LogP contribution in [0.15, 0.2) is 18.2 Å². The molecule has 1 aromatic carbocycles. The van der Waals surface area contributed by atoms with Gasteiger partial charge in [-0.3, -0.25) is 9.69 Å². The first-order valence-electron chi connectivity index (χ1n) is 6.45. The van der Waals surface area contributed by atoms with Crippen molar-refractivity contribution < 1.29 is 9.18 Å². The summed E-state index contributed by atoms with van der Waals surface area (Å²) in [6, 6.07) is 4.56. The standard InChI is InChI=1S/C14H20FN3O/c1-9-7-18(8-10(2)17(9)3)14(19)11-4-12(15)6-13(16)5-11/h4-6,9-10H,7-8,16H2,1-3H3. The molecular weight excluding hydrogens is 245 g/mol. The number of benzene rings is 1. The summed E-state index contributed by atoms with van der Waals surface area (Å²) in [5.74, 6) is -0.628. The topological polar surface area (TPSA) is 49.6 Å². The lowest BCUT2D eigenvalue weighted by molar-refractivity contribution is 0.0414. The van der Waals surface area contributed by atoms with E-state index in [9.17, 15) is 9.18 Å². The average molecular weight is 265 g/mol. The van der Waals surface area contributed by atoms with E-state index in [1.165, 1.54) is 18.2 Å². The fourth-order valence-electron chi connectivity index (χ4n) is 2.49. The minimum atomic E-state index is -0.474. The maximum Gasteiger partial charge on any atom is 0.254 e. The first-order chi connectivity index (χ1) is 8.88. The molecule has 2 rings (SSSR count). The number of carbonyl (C=O) groups excluding carboxylic acids is 1. The number of nitrogens with zero attached hydrogens (tertiary/aromatic N) is 2. The molecule has 1 amide bonds. The normalized spacial score (nSPS) is 24.5. The molecule has 0 spiro atoms. The first-order valence-corrected chi connectivity index (χ1v) is 6.45. The van der Waals surface area contributed by atoms with Gasteiger partial charge in [0.15, 0.2) is 0 Å². The molecule has 4 nitrogen and oxygen atoms in total. The number of piperazine rings is 1. The number of amides is 1. The van der Waals surface area contributed by atoms with Crippen LogP contribution >= 0.6 is 0 Å². The summed E-state index contributed by atoms with van der Waals surface area (Å²) >= 11 is 0. The molecule has 19 heavy (non-hydrogen) atoms. The van der Waals surface area contributed by atoms with Gasteiger partial charge >= 0.3 is 0 Å². The molecule has 0 saturated carbocycles. The predicted molar refractivity (Wildman–Crippen MR) is 73.4 cm³/mol. The molecule has 1 aliphatic heterocycles. The summed E-state index contributed by atoms with van der Waals surface area (Å²) in [6.45, 7) is 5.46. The third-order valence-electron chi connectivity index (χ3n) is 3.81. The number of carbonyl (C=O) groups is 1. The van der Waals surface area contributed by atoms with Crippen LogP contribution in [0.5, 0.6) is 0 Å². The summed E-state index contributed by atoms with van der Waals surface area (Å²) < 4.78 is 13.3. The molecule has 1 heterocycles. The van der Waals surface area contributed by atoms with Crippen LogP contribution in [-0.4, -0.2) is 47.9 Å². The Labute approximate surface area is 113 Å². The molecule has 0 aromatic heterocycles. The Balaban J connectivity index is 2.20. The van der Waals surface area contributed by atoms with Crippen molar-refractivity contribution in [3.05, 3.63) is 29.6 Å². The monoisotopic (exact) mass is 265 g/mol. The van der Waals surface area contributed by atoms with Crippen LogP contribution < -0.4 is 5.73 Å². The van der Waals surface area contributed by atoms with Gasteiger partial charge in [0, 0.05) is 36.4 Å². The maximum atomic E-state index is 13.3. The Morgan fingerprint density at radius 2 is 1.84 bits per heavy atom. The Hall–Kier alpha value is -1.62. The van der Waals surface area contributed by atoms with Gasteiger partial charge in [-0.2, -0.15) is 0 Å². The van der Waals surface area contributed by atoms with E-state index in [-0.39, 0.29) is 11.6 Å². The third kappa shape index (κ3) is 2.87. The van der Waals surface area contributed by atoms with Crippen molar-refractivity contribution in [2.45, 2.75) is 25.9 Å². The van der Waals surface area contributed by atoms with Crippen molar-refractivity contribution in [1.82, 2.24) is 9.80 Å². The fraction of sp³-hybridized carbons (Fsp3) is 0.500. The van der Waals surface area contributed by atoms with Gasteiger partial charge in [-0.25, -0.2) is 4.39 Å². The SMILES string of the molecule is CC1CN(C(=O)c2cc(N)cc(F)c2)CC(C)N1C. The van der Waals surface area contributed by atoms with Gasteiger partial charge in [-0.15, -0.1) is 0 Å². The molecule has 5 heteroatoms. The summed E-state index contributed by atoms with van der Waals surface area (Å²) in [5.41, 5.74) is 6.18. The van der Waals surface area contributed by atoms with Crippen molar-refractivity contribution in [3.8, 4) is 0 Å². The average Bonchev–Trinajstić information content (AvgIpc) is 2.33. The molecular formula is C14H20FN3O. The zero-order chi connectivity index (χ0) is 14.2. The van der Waals surface area contributed by atoms with E-state index in [1.54, 1.807) is 4.90 Å². The van der Waals surface area contributed by atoms with E-state index in [0.29, 0.717) is 30.7 Å². The predicted octanol–water partition coefficient (Wildman–Crippen LogP) is 1.57. The van der Waals surface area contributed by atoms with Crippen LogP contribution in [-0.2, 0) is 0 Å². The number of hydrogen-bond donors (Lipinski definition) is 1. The van der Waals surface area contributed by atoms with Gasteiger partial charge in [0.25, 0.3) is 5.91 Å². The van der Waals surface area contributed by atoms with Gasteiger partial charge in [-0.05, 0) is 39.1 Å². The first kappa shape index (κ1) is 13.8. The van der Waals surface area contributed by atoms with Gasteiger partial charge in [0.05, 0.1) is 0 Å². The second-order valence-electron chi connectivity index (χ2n) is 5.35. The van der Waals surface area contributed by atoms with Crippen LogP contribution in [0.3, 0.4) is 0 Å². The molecule has 2 atom stereocenters. The Morgan fingerprint density at radius 1 is 1.26 bits per heavy atom. The van der Waals surface area contributed by atoms with Crippen LogP contribution in [0, 0.1) is 5.82 Å². The largest absolute Gasteiger partial charge is 0.399 e. The lowest BCUT2D eigenvalue weighted by Gasteiger charge is -2.42. The lowest BCUT2D eigenvalue weighted by atomic mass is 10.1. The van der Waals surface area contributed by atoms with Crippen LogP contribution in [0.1, 0.15) is 24.2 Å². The number of rotatable bonds is 1. The Morgan fingerprint density at radius 3 is 2.37 bits per heavy atom. The van der Waals surface area contributed by atoms with Crippen molar-refractivity contribution in [1.29, 1.82) is 0 Å². The zero-order valence-electron chi connectivity index (χ0n) is 11.6. The van der Waals surface area contributed by atoms with Crippen LogP contribution in [0.2, 0.25) is 0 Å². The van der Waals surface area contributed by atoms with Crippen LogP contribution in [0.25, 0.3) is 0 Å². The highest BCUT2D eigenvalue weighted by atomic mass is 19.1. The molecule has 1 aliphatic rings. The fourth-order valence-corrected chi connectivity index (χ4v) is 2.49. The third-order valence-corrected chi connectivity index (χ3v) is 3.81. The van der Waals surface area contributed by atoms with E-state index in [1.807, 2.05) is 0 Å². The molecule has 0 radical (unpaired) electrons. The lowest BCUT2D eigenvalue weighted by Crippen LogP contribution is -2.56. The minimum Gasteiger partial charge on any atom is -0.399 e. The minimum absolute atomic E-state index is 0.155. The van der Waals surface area contributed by atoms with Crippen molar-refractivity contribution in [2.24, 2.45) is 0 Å². The number of anilines is 1. The molecule has 2 unspecified atom stereocenters. The molecule has 0 aliphatic carbocycles. The number of hydrogen-bond acceptors (Lipinski definition) is 3. The van der Waals surface area contributed by atoms with E-state index in [2.05, 4.69) is 25.8 Å². The smallest absolute Gasteiger partial charge is 0.254 e. The molecule has 1 saturated heterocycles. The van der Waals surface area contributed by atoms with E-state index in [0.717, 1.165) is 0 Å². The summed E-state index contributed by atoms with van der Waals surface area (Å²) in [4.78, 5) is 16.4. The van der Waals surface area contributed by atoms with Crippen molar-refractivity contribution in [2.75, 3.05) is 25.9 Å². The summed E-state index contributed by atoms with van der Waals surface area (Å²) in [5, 5.41) is 0.